The summed E-state index contributed by atoms with van der Waals surface area (Å²) >= 11 is 0. The average molecular weight is 431 g/mol. The standard InChI is InChI=1S/C25H38N2O4/c1-8-13-19(20-16-30-25(7,9-2)31-20)22(28)27-21(24(4,5)6)23(29)26-17(3)18-14-11-10-12-15-18/h8,10-12,14-15,17,19-21H,1,9,13,16H2,2-7H3,(H,26,29)(H,27,28)/t17-,19-,20-,21-,25?/m1/s1. The molecule has 172 valence electrons. The molecule has 0 aliphatic carbocycles. The topological polar surface area (TPSA) is 76.7 Å². The Morgan fingerprint density at radius 2 is 1.87 bits per heavy atom. The quantitative estimate of drug-likeness (QED) is 0.578. The zero-order chi connectivity index (χ0) is 23.2. The molecule has 6 heteroatoms. The molecule has 0 radical (unpaired) electrons. The fourth-order valence-electron chi connectivity index (χ4n) is 3.68. The van der Waals surface area contributed by atoms with E-state index in [1.54, 1.807) is 6.08 Å². The Morgan fingerprint density at radius 1 is 1.23 bits per heavy atom. The Kier molecular flexibility index (Phi) is 8.43. The van der Waals surface area contributed by atoms with E-state index in [9.17, 15) is 9.59 Å². The van der Waals surface area contributed by atoms with Gasteiger partial charge in [0.25, 0.3) is 0 Å². The van der Waals surface area contributed by atoms with Gasteiger partial charge in [0.05, 0.1) is 24.7 Å². The molecule has 1 fully saturated rings. The summed E-state index contributed by atoms with van der Waals surface area (Å²) in [6, 6.07) is 8.89. The third kappa shape index (κ3) is 6.65. The van der Waals surface area contributed by atoms with Gasteiger partial charge < -0.3 is 20.1 Å². The van der Waals surface area contributed by atoms with Crippen LogP contribution in [0.3, 0.4) is 0 Å². The minimum Gasteiger partial charge on any atom is -0.348 e. The maximum atomic E-state index is 13.3. The van der Waals surface area contributed by atoms with E-state index in [2.05, 4.69) is 17.2 Å². The normalized spacial score (nSPS) is 24.1. The Bertz CT molecular complexity index is 759. The summed E-state index contributed by atoms with van der Waals surface area (Å²) in [5.41, 5.74) is 0.537. The molecule has 1 aromatic carbocycles. The van der Waals surface area contributed by atoms with Gasteiger partial charge in [-0.3, -0.25) is 9.59 Å². The van der Waals surface area contributed by atoms with Crippen molar-refractivity contribution in [3.05, 3.63) is 48.6 Å². The third-order valence-electron chi connectivity index (χ3n) is 5.88. The molecule has 2 N–H and O–H groups in total. The molecule has 0 aromatic heterocycles. The van der Waals surface area contributed by atoms with E-state index in [1.165, 1.54) is 0 Å². The first-order valence-corrected chi connectivity index (χ1v) is 11.1. The highest BCUT2D eigenvalue weighted by Gasteiger charge is 2.43. The monoisotopic (exact) mass is 430 g/mol. The van der Waals surface area contributed by atoms with Gasteiger partial charge in [-0.1, -0.05) is 64.1 Å². The van der Waals surface area contributed by atoms with Crippen molar-refractivity contribution in [3.63, 3.8) is 0 Å². The number of carbonyl (C=O) groups is 2. The number of allylic oxidation sites excluding steroid dienone is 1. The van der Waals surface area contributed by atoms with Crippen LogP contribution in [0.15, 0.2) is 43.0 Å². The second-order valence-electron chi connectivity index (χ2n) is 9.53. The first kappa shape index (κ1) is 25.1. The summed E-state index contributed by atoms with van der Waals surface area (Å²) in [5.74, 6) is -1.60. The van der Waals surface area contributed by atoms with Crippen LogP contribution < -0.4 is 10.6 Å². The van der Waals surface area contributed by atoms with Gasteiger partial charge in [0.2, 0.25) is 11.8 Å². The molecule has 1 heterocycles. The van der Waals surface area contributed by atoms with Gasteiger partial charge >= 0.3 is 0 Å². The molecule has 1 aliphatic rings. The van der Waals surface area contributed by atoms with Crippen LogP contribution >= 0.6 is 0 Å². The first-order valence-electron chi connectivity index (χ1n) is 11.1. The highest BCUT2D eigenvalue weighted by atomic mass is 16.7. The van der Waals surface area contributed by atoms with E-state index in [4.69, 9.17) is 9.47 Å². The number of carbonyl (C=O) groups excluding carboxylic acids is 2. The van der Waals surface area contributed by atoms with Crippen molar-refractivity contribution in [1.82, 2.24) is 10.6 Å². The molecule has 0 bridgehead atoms. The number of ether oxygens (including phenoxy) is 2. The van der Waals surface area contributed by atoms with E-state index in [1.807, 2.05) is 71.9 Å². The van der Waals surface area contributed by atoms with Gasteiger partial charge in [-0.25, -0.2) is 0 Å². The lowest BCUT2D eigenvalue weighted by atomic mass is 9.85. The van der Waals surface area contributed by atoms with Crippen molar-refractivity contribution in [2.75, 3.05) is 6.61 Å². The van der Waals surface area contributed by atoms with Crippen LogP contribution in [0.4, 0.5) is 0 Å². The summed E-state index contributed by atoms with van der Waals surface area (Å²) < 4.78 is 11.8. The van der Waals surface area contributed by atoms with Gasteiger partial charge in [0, 0.05) is 0 Å². The van der Waals surface area contributed by atoms with Crippen molar-refractivity contribution in [2.45, 2.75) is 78.4 Å². The van der Waals surface area contributed by atoms with E-state index in [0.29, 0.717) is 19.4 Å². The lowest BCUT2D eigenvalue weighted by molar-refractivity contribution is -0.164. The highest BCUT2D eigenvalue weighted by molar-refractivity contribution is 5.89. The molecular formula is C25H38N2O4. The van der Waals surface area contributed by atoms with Crippen molar-refractivity contribution in [3.8, 4) is 0 Å². The molecule has 2 amide bonds. The molecule has 0 saturated carbocycles. The van der Waals surface area contributed by atoms with Crippen LogP contribution in [0.2, 0.25) is 0 Å². The highest BCUT2D eigenvalue weighted by Crippen LogP contribution is 2.32. The molecule has 6 nitrogen and oxygen atoms in total. The third-order valence-corrected chi connectivity index (χ3v) is 5.88. The summed E-state index contributed by atoms with van der Waals surface area (Å²) in [5, 5.41) is 6.03. The predicted molar refractivity (Wildman–Crippen MR) is 122 cm³/mol. The minimum absolute atomic E-state index is 0.170. The zero-order valence-electron chi connectivity index (χ0n) is 19.7. The smallest absolute Gasteiger partial charge is 0.243 e. The predicted octanol–water partition coefficient (Wildman–Crippen LogP) is 4.13. The number of benzene rings is 1. The number of rotatable bonds is 9. The van der Waals surface area contributed by atoms with Crippen molar-refractivity contribution in [1.29, 1.82) is 0 Å². The number of nitrogens with one attached hydrogen (secondary N) is 2. The van der Waals surface area contributed by atoms with Crippen LogP contribution in [0.1, 0.15) is 66.0 Å². The van der Waals surface area contributed by atoms with Crippen LogP contribution in [0.5, 0.6) is 0 Å². The van der Waals surface area contributed by atoms with Crippen molar-refractivity contribution in [2.24, 2.45) is 11.3 Å². The summed E-state index contributed by atoms with van der Waals surface area (Å²) in [6.45, 7) is 15.8. The van der Waals surface area contributed by atoms with E-state index < -0.39 is 23.2 Å². The van der Waals surface area contributed by atoms with Crippen LogP contribution in [-0.2, 0) is 19.1 Å². The summed E-state index contributed by atoms with van der Waals surface area (Å²) in [4.78, 5) is 26.4. The molecule has 1 saturated heterocycles. The van der Waals surface area contributed by atoms with Crippen molar-refractivity contribution >= 4 is 11.8 Å². The first-order chi connectivity index (χ1) is 14.5. The lowest BCUT2D eigenvalue weighted by Crippen LogP contribution is -2.56. The fourth-order valence-corrected chi connectivity index (χ4v) is 3.68. The Morgan fingerprint density at radius 3 is 2.39 bits per heavy atom. The average Bonchev–Trinajstić information content (AvgIpc) is 3.12. The van der Waals surface area contributed by atoms with Crippen LogP contribution in [0.25, 0.3) is 0 Å². The Labute approximate surface area is 186 Å². The SMILES string of the molecule is C=CC[C@@H](C(=O)N[C@H](C(=O)N[C@H](C)c1ccccc1)C(C)(C)C)[C@H]1COC(C)(CC)O1. The molecule has 31 heavy (non-hydrogen) atoms. The summed E-state index contributed by atoms with van der Waals surface area (Å²) in [7, 11) is 0. The van der Waals surface area contributed by atoms with Gasteiger partial charge in [-0.2, -0.15) is 0 Å². The second-order valence-corrected chi connectivity index (χ2v) is 9.53. The fraction of sp³-hybridized carbons (Fsp3) is 0.600. The molecule has 2 rings (SSSR count). The second kappa shape index (κ2) is 10.4. The molecular weight excluding hydrogens is 392 g/mol. The van der Waals surface area contributed by atoms with E-state index in [0.717, 1.165) is 5.56 Å². The lowest BCUT2D eigenvalue weighted by Gasteiger charge is -2.33. The molecule has 1 aromatic rings. The van der Waals surface area contributed by atoms with Gasteiger partial charge in [0.1, 0.15) is 6.04 Å². The minimum atomic E-state index is -0.696. The van der Waals surface area contributed by atoms with Crippen LogP contribution in [0, 0.1) is 11.3 Å². The molecule has 0 spiro atoms. The zero-order valence-corrected chi connectivity index (χ0v) is 19.7. The Hall–Kier alpha value is -2.18. The maximum absolute atomic E-state index is 13.3. The van der Waals surface area contributed by atoms with Crippen LogP contribution in [-0.4, -0.2) is 36.4 Å². The largest absolute Gasteiger partial charge is 0.348 e. The maximum Gasteiger partial charge on any atom is 0.243 e. The number of amides is 2. The van der Waals surface area contributed by atoms with Crippen molar-refractivity contribution < 1.29 is 19.1 Å². The molecule has 5 atom stereocenters. The number of hydrogen-bond acceptors (Lipinski definition) is 4. The summed E-state index contributed by atoms with van der Waals surface area (Å²) in [6.07, 6.45) is 2.46. The van der Waals surface area contributed by atoms with E-state index >= 15 is 0 Å². The van der Waals surface area contributed by atoms with Gasteiger partial charge in [-0.15, -0.1) is 6.58 Å². The number of hydrogen-bond donors (Lipinski definition) is 2. The van der Waals surface area contributed by atoms with Gasteiger partial charge in [-0.05, 0) is 37.7 Å². The Balaban J connectivity index is 2.13. The van der Waals surface area contributed by atoms with E-state index in [-0.39, 0.29) is 24.0 Å². The van der Waals surface area contributed by atoms with Gasteiger partial charge in [0.15, 0.2) is 5.79 Å². The molecule has 1 aliphatic heterocycles. The molecule has 1 unspecified atom stereocenters.